The van der Waals surface area contributed by atoms with Gasteiger partial charge in [0.25, 0.3) is 0 Å². The number of ether oxygens (including phenoxy) is 1. The number of hydrogen-bond acceptors (Lipinski definition) is 6. The molecule has 0 atom stereocenters. The molecule has 28 heavy (non-hydrogen) atoms. The van der Waals surface area contributed by atoms with Crippen LogP contribution in [0.3, 0.4) is 0 Å². The molecule has 0 amide bonds. The number of carbonyl (C=O) groups excluding carboxylic acids is 1. The van der Waals surface area contributed by atoms with E-state index in [4.69, 9.17) is 20.8 Å². The number of furan rings is 1. The van der Waals surface area contributed by atoms with E-state index < -0.39 is 16.5 Å². The molecular formula is C18H13ClFN3O5. The molecule has 0 bridgehead atoms. The number of nitrogens with zero attached hydrogens (tertiary/aromatic N) is 3. The highest BCUT2D eigenvalue weighted by Crippen LogP contribution is 2.22. The van der Waals surface area contributed by atoms with E-state index in [1.165, 1.54) is 36.0 Å². The minimum Gasteiger partial charge on any atom is -0.486 e. The van der Waals surface area contributed by atoms with Crippen LogP contribution in [0, 0.1) is 15.9 Å². The van der Waals surface area contributed by atoms with Gasteiger partial charge < -0.3 is 9.15 Å². The van der Waals surface area contributed by atoms with Gasteiger partial charge in [0.05, 0.1) is 9.95 Å². The number of hydrogen-bond donors (Lipinski definition) is 0. The summed E-state index contributed by atoms with van der Waals surface area (Å²) < 4.78 is 25.3. The van der Waals surface area contributed by atoms with E-state index in [0.717, 1.165) is 12.3 Å². The van der Waals surface area contributed by atoms with Crippen molar-refractivity contribution in [3.8, 4) is 5.75 Å². The van der Waals surface area contributed by atoms with Gasteiger partial charge in [-0.1, -0.05) is 11.6 Å². The molecule has 0 spiro atoms. The Kier molecular flexibility index (Phi) is 5.55. The number of aryl methyl sites for hydroxylation is 1. The molecule has 0 aliphatic heterocycles. The van der Waals surface area contributed by atoms with E-state index in [2.05, 4.69) is 5.10 Å². The van der Waals surface area contributed by atoms with Crippen LogP contribution in [0.5, 0.6) is 5.75 Å². The highest BCUT2D eigenvalue weighted by Gasteiger charge is 2.23. The van der Waals surface area contributed by atoms with Crippen LogP contribution in [0.4, 0.5) is 10.1 Å². The van der Waals surface area contributed by atoms with Crippen molar-refractivity contribution in [2.75, 3.05) is 0 Å². The number of allylic oxidation sites excluding steroid dienone is 1. The van der Waals surface area contributed by atoms with Gasteiger partial charge in [-0.15, -0.1) is 0 Å². The molecule has 0 N–H and O–H groups in total. The first-order chi connectivity index (χ1) is 13.3. The highest BCUT2D eigenvalue weighted by atomic mass is 35.5. The van der Waals surface area contributed by atoms with Crippen LogP contribution in [0.2, 0.25) is 5.02 Å². The van der Waals surface area contributed by atoms with Crippen molar-refractivity contribution in [1.29, 1.82) is 0 Å². The molecule has 0 unspecified atom stereocenters. The van der Waals surface area contributed by atoms with Crippen LogP contribution in [0.1, 0.15) is 22.0 Å². The smallest absolute Gasteiger partial charge is 0.318 e. The normalized spacial score (nSPS) is 11.1. The van der Waals surface area contributed by atoms with Crippen LogP contribution in [0.15, 0.2) is 47.0 Å². The van der Waals surface area contributed by atoms with E-state index in [0.29, 0.717) is 17.3 Å². The summed E-state index contributed by atoms with van der Waals surface area (Å²) in [5.41, 5.74) is -0.629. The molecule has 3 aromatic rings. The standard InChI is InChI=1S/C18H13ClFN3O5/c1-22-9-16(23(25)26)18(21-22)17(24)7-5-11-2-3-13(28-11)10-27-12-4-6-15(20)14(19)8-12/h2-9H,10H2,1H3/b7-5+. The molecule has 10 heteroatoms. The fraction of sp³-hybridized carbons (Fsp3) is 0.111. The summed E-state index contributed by atoms with van der Waals surface area (Å²) in [6, 6.07) is 7.21. The fourth-order valence-corrected chi connectivity index (χ4v) is 2.48. The second kappa shape index (κ2) is 8.05. The summed E-state index contributed by atoms with van der Waals surface area (Å²) >= 11 is 5.69. The largest absolute Gasteiger partial charge is 0.486 e. The van der Waals surface area contributed by atoms with Gasteiger partial charge in [-0.05, 0) is 36.4 Å². The molecule has 0 saturated carbocycles. The first-order valence-electron chi connectivity index (χ1n) is 7.90. The molecule has 0 aliphatic rings. The molecule has 0 fully saturated rings. The molecule has 2 aromatic heterocycles. The maximum atomic E-state index is 13.1. The molecule has 0 saturated heterocycles. The lowest BCUT2D eigenvalue weighted by Crippen LogP contribution is -2.00. The Hall–Kier alpha value is -3.46. The molecule has 1 aromatic carbocycles. The van der Waals surface area contributed by atoms with Gasteiger partial charge in [0.2, 0.25) is 11.5 Å². The number of nitro groups is 1. The lowest BCUT2D eigenvalue weighted by Gasteiger charge is -2.04. The molecule has 3 rings (SSSR count). The number of aromatic nitrogens is 2. The number of halogens is 2. The zero-order chi connectivity index (χ0) is 20.3. The zero-order valence-corrected chi connectivity index (χ0v) is 15.2. The predicted octanol–water partition coefficient (Wildman–Crippen LogP) is 4.19. The Morgan fingerprint density at radius 2 is 2.21 bits per heavy atom. The number of benzene rings is 1. The van der Waals surface area contributed by atoms with Crippen molar-refractivity contribution in [3.63, 3.8) is 0 Å². The SMILES string of the molecule is Cn1cc([N+](=O)[O-])c(C(=O)/C=C/c2ccc(COc3ccc(F)c(Cl)c3)o2)n1. The van der Waals surface area contributed by atoms with Crippen LogP contribution in [-0.2, 0) is 13.7 Å². The zero-order valence-electron chi connectivity index (χ0n) is 14.5. The lowest BCUT2D eigenvalue weighted by molar-refractivity contribution is -0.385. The Morgan fingerprint density at radius 1 is 1.43 bits per heavy atom. The number of rotatable bonds is 7. The summed E-state index contributed by atoms with van der Waals surface area (Å²) in [7, 11) is 1.49. The minimum absolute atomic E-state index is 0.0531. The van der Waals surface area contributed by atoms with E-state index in [1.807, 2.05) is 0 Å². The van der Waals surface area contributed by atoms with Gasteiger partial charge >= 0.3 is 5.69 Å². The van der Waals surface area contributed by atoms with Crippen molar-refractivity contribution in [2.45, 2.75) is 6.61 Å². The van der Waals surface area contributed by atoms with Crippen LogP contribution >= 0.6 is 11.6 Å². The highest BCUT2D eigenvalue weighted by molar-refractivity contribution is 6.30. The number of carbonyl (C=O) groups is 1. The minimum atomic E-state index is -0.669. The average molecular weight is 406 g/mol. The van der Waals surface area contributed by atoms with Gasteiger partial charge in [-0.25, -0.2) is 4.39 Å². The fourth-order valence-electron chi connectivity index (χ4n) is 2.30. The summed E-state index contributed by atoms with van der Waals surface area (Å²) in [5, 5.41) is 14.7. The second-order valence-electron chi connectivity index (χ2n) is 5.66. The van der Waals surface area contributed by atoms with Crippen molar-refractivity contribution < 1.29 is 23.3 Å². The molecule has 0 radical (unpaired) electrons. The third-order valence-electron chi connectivity index (χ3n) is 3.59. The second-order valence-corrected chi connectivity index (χ2v) is 6.07. The van der Waals surface area contributed by atoms with Crippen LogP contribution < -0.4 is 4.74 Å². The maximum Gasteiger partial charge on any atom is 0.318 e. The van der Waals surface area contributed by atoms with Crippen LogP contribution in [-0.4, -0.2) is 20.5 Å². The number of ketones is 1. The maximum absolute atomic E-state index is 13.1. The quantitative estimate of drug-likeness (QED) is 0.253. The molecule has 144 valence electrons. The van der Waals surface area contributed by atoms with Gasteiger partial charge in [-0.3, -0.25) is 19.6 Å². The van der Waals surface area contributed by atoms with E-state index >= 15 is 0 Å². The van der Waals surface area contributed by atoms with Crippen molar-refractivity contribution in [1.82, 2.24) is 9.78 Å². The third kappa shape index (κ3) is 4.44. The summed E-state index contributed by atoms with van der Waals surface area (Å²) in [6.45, 7) is 0.0649. The molecule has 0 aliphatic carbocycles. The summed E-state index contributed by atoms with van der Waals surface area (Å²) in [5.74, 6) is 0.0104. The Balaban J connectivity index is 1.64. The van der Waals surface area contributed by atoms with E-state index in [1.54, 1.807) is 12.1 Å². The Bertz CT molecular complexity index is 1070. The molecular weight excluding hydrogens is 393 g/mol. The lowest BCUT2D eigenvalue weighted by atomic mass is 10.2. The topological polar surface area (TPSA) is 100 Å². The van der Waals surface area contributed by atoms with Crippen molar-refractivity contribution >= 4 is 29.1 Å². The third-order valence-corrected chi connectivity index (χ3v) is 3.88. The Labute approximate surface area is 162 Å². The van der Waals surface area contributed by atoms with Crippen molar-refractivity contribution in [2.24, 2.45) is 7.05 Å². The summed E-state index contributed by atoms with van der Waals surface area (Å²) in [4.78, 5) is 22.4. The van der Waals surface area contributed by atoms with E-state index in [-0.39, 0.29) is 23.0 Å². The first kappa shape index (κ1) is 19.3. The van der Waals surface area contributed by atoms with Gasteiger partial charge in [0, 0.05) is 13.1 Å². The first-order valence-corrected chi connectivity index (χ1v) is 8.28. The van der Waals surface area contributed by atoms with Gasteiger partial charge in [0.15, 0.2) is 0 Å². The van der Waals surface area contributed by atoms with Crippen molar-refractivity contribution in [3.05, 3.63) is 80.8 Å². The Morgan fingerprint density at radius 3 is 2.93 bits per heavy atom. The monoisotopic (exact) mass is 405 g/mol. The van der Waals surface area contributed by atoms with Gasteiger partial charge in [-0.2, -0.15) is 5.10 Å². The summed E-state index contributed by atoms with van der Waals surface area (Å²) in [6.07, 6.45) is 3.67. The van der Waals surface area contributed by atoms with Crippen LogP contribution in [0.25, 0.3) is 6.08 Å². The predicted molar refractivity (Wildman–Crippen MR) is 97.7 cm³/mol. The molecule has 2 heterocycles. The average Bonchev–Trinajstić information content (AvgIpc) is 3.27. The van der Waals surface area contributed by atoms with E-state index in [9.17, 15) is 19.3 Å². The molecule has 8 nitrogen and oxygen atoms in total. The van der Waals surface area contributed by atoms with Gasteiger partial charge in [0.1, 0.15) is 35.9 Å².